The van der Waals surface area contributed by atoms with Crippen molar-refractivity contribution in [1.82, 2.24) is 20.6 Å². The molecule has 0 unspecified atom stereocenters. The number of hydroxylamine groups is 2. The van der Waals surface area contributed by atoms with Gasteiger partial charge in [-0.25, -0.2) is 0 Å². The third-order valence-electron chi connectivity index (χ3n) is 11.6. The van der Waals surface area contributed by atoms with Crippen LogP contribution in [0.1, 0.15) is 69.3 Å². The van der Waals surface area contributed by atoms with E-state index in [2.05, 4.69) is 43.5 Å². The molecular formula is C37H57N5O5. The number of carbonyl (C=O) groups excluding carboxylic acids is 2. The fourth-order valence-electron chi connectivity index (χ4n) is 8.79. The first kappa shape index (κ1) is 35.4. The molecule has 5 aliphatic rings. The molecular weight excluding hydrogens is 594 g/mol. The highest BCUT2D eigenvalue weighted by Crippen LogP contribution is 2.61. The Hall–Kier alpha value is -2.92. The van der Waals surface area contributed by atoms with E-state index < -0.39 is 18.1 Å². The number of anilines is 1. The average Bonchev–Trinajstić information content (AvgIpc) is 3.37. The van der Waals surface area contributed by atoms with Gasteiger partial charge in [0.1, 0.15) is 11.8 Å². The van der Waals surface area contributed by atoms with Crippen LogP contribution in [-0.2, 0) is 14.4 Å². The number of allylic oxidation sites excluding steroid dienone is 2. The Kier molecular flexibility index (Phi) is 10.5. The zero-order valence-corrected chi connectivity index (χ0v) is 30.1. The Morgan fingerprint density at radius 3 is 2.47 bits per heavy atom. The summed E-state index contributed by atoms with van der Waals surface area (Å²) in [6.45, 7) is 9.68. The van der Waals surface area contributed by atoms with Crippen molar-refractivity contribution in [2.24, 2.45) is 29.1 Å². The fourth-order valence-corrected chi connectivity index (χ4v) is 8.79. The molecule has 10 nitrogen and oxygen atoms in total. The van der Waals surface area contributed by atoms with Crippen molar-refractivity contribution < 1.29 is 24.3 Å². The van der Waals surface area contributed by atoms with Gasteiger partial charge >= 0.3 is 0 Å². The van der Waals surface area contributed by atoms with Crippen LogP contribution in [0.15, 0.2) is 35.6 Å². The number of nitrogens with zero attached hydrogens (tertiary/aromatic N) is 3. The van der Waals surface area contributed by atoms with Crippen LogP contribution in [0.4, 0.5) is 5.69 Å². The first-order valence-corrected chi connectivity index (χ1v) is 17.3. The summed E-state index contributed by atoms with van der Waals surface area (Å²) >= 11 is 0. The number of nitrogens with one attached hydrogen (secondary N) is 2. The quantitative estimate of drug-likeness (QED) is 0.331. The SMILES string of the molecule is CNC(=O)c1cc(C2=C(OC)C(CN3O[C@@H](CN(C)C)[C@@H]([C@H](C)O)[C@H]3C(=O)N[C@H]3C[C@H]4C[C@@H]([C@@H]3C)C4(C)C)=CCC2)cc(N(C)C)c1. The highest BCUT2D eigenvalue weighted by atomic mass is 16.7. The maximum absolute atomic E-state index is 14.3. The highest BCUT2D eigenvalue weighted by Gasteiger charge is 2.57. The first-order valence-electron chi connectivity index (χ1n) is 17.3. The number of aliphatic hydroxyl groups excluding tert-OH is 1. The number of hydrogen-bond acceptors (Lipinski definition) is 8. The minimum absolute atomic E-state index is 0.0819. The van der Waals surface area contributed by atoms with Gasteiger partial charge in [0.15, 0.2) is 0 Å². The van der Waals surface area contributed by atoms with Crippen LogP contribution >= 0.6 is 0 Å². The molecule has 0 spiro atoms. The molecule has 47 heavy (non-hydrogen) atoms. The monoisotopic (exact) mass is 651 g/mol. The maximum Gasteiger partial charge on any atom is 0.251 e. The van der Waals surface area contributed by atoms with Gasteiger partial charge in [0.05, 0.1) is 25.9 Å². The average molecular weight is 652 g/mol. The van der Waals surface area contributed by atoms with Crippen LogP contribution in [0.3, 0.4) is 0 Å². The van der Waals surface area contributed by atoms with Gasteiger partial charge in [-0.15, -0.1) is 0 Å². The maximum atomic E-state index is 14.3. The van der Waals surface area contributed by atoms with E-state index in [0.29, 0.717) is 41.8 Å². The summed E-state index contributed by atoms with van der Waals surface area (Å²) < 4.78 is 6.10. The highest BCUT2D eigenvalue weighted by molar-refractivity contribution is 5.96. The number of ether oxygens (including phenoxy) is 1. The molecule has 2 amide bonds. The number of benzene rings is 1. The third-order valence-corrected chi connectivity index (χ3v) is 11.6. The Morgan fingerprint density at radius 2 is 1.89 bits per heavy atom. The Labute approximate surface area is 281 Å². The number of likely N-dealkylation sites (N-methyl/N-ethyl adjacent to an activating group) is 1. The van der Waals surface area contributed by atoms with E-state index in [-0.39, 0.29) is 24.0 Å². The second-order valence-electron chi connectivity index (χ2n) is 15.3. The normalized spacial score (nSPS) is 30.8. The molecule has 1 saturated heterocycles. The van der Waals surface area contributed by atoms with Crippen LogP contribution < -0.4 is 15.5 Å². The molecule has 1 aromatic rings. The predicted octanol–water partition coefficient (Wildman–Crippen LogP) is 3.92. The van der Waals surface area contributed by atoms with E-state index >= 15 is 0 Å². The van der Waals surface area contributed by atoms with E-state index in [1.807, 2.05) is 50.1 Å². The van der Waals surface area contributed by atoms with Crippen molar-refractivity contribution in [2.75, 3.05) is 60.3 Å². The molecule has 0 radical (unpaired) electrons. The smallest absolute Gasteiger partial charge is 0.251 e. The number of fused-ring (bicyclic) bond motifs is 2. The molecule has 4 fully saturated rings. The Morgan fingerprint density at radius 1 is 1.17 bits per heavy atom. The first-order chi connectivity index (χ1) is 22.2. The van der Waals surface area contributed by atoms with E-state index in [9.17, 15) is 14.7 Å². The van der Waals surface area contributed by atoms with Gasteiger partial charge in [-0.05, 0) is 93.6 Å². The number of aliphatic hydroxyl groups is 1. The standard InChI is InChI=1S/C37H57N5O5/c1-21-29-17-26(37(29,3)4)18-30(21)39-36(45)33-32(22(2)43)31(20-40(6)7)47-42(33)19-23-12-11-13-28(34(23)46-10)24-14-25(35(44)38-5)16-27(15-24)41(8)9/h12,14-16,21-22,26,29-33,43H,11,13,17-20H2,1-10H3,(H,38,44)(H,39,45)/t21-,22-,26+,29-,30-,31-,32+,33-/m0/s1. The minimum Gasteiger partial charge on any atom is -0.496 e. The van der Waals surface area contributed by atoms with Crippen LogP contribution in [0.5, 0.6) is 0 Å². The van der Waals surface area contributed by atoms with Crippen LogP contribution in [0.2, 0.25) is 0 Å². The lowest BCUT2D eigenvalue weighted by atomic mass is 9.45. The second-order valence-corrected chi connectivity index (χ2v) is 15.3. The Balaban J connectivity index is 1.46. The summed E-state index contributed by atoms with van der Waals surface area (Å²) in [5.74, 6) is 1.70. The van der Waals surface area contributed by atoms with Gasteiger partial charge in [0.25, 0.3) is 5.91 Å². The predicted molar refractivity (Wildman–Crippen MR) is 186 cm³/mol. The molecule has 2 bridgehead atoms. The minimum atomic E-state index is -0.748. The zero-order chi connectivity index (χ0) is 34.4. The molecule has 8 atom stereocenters. The Bertz CT molecular complexity index is 1400. The van der Waals surface area contributed by atoms with Gasteiger partial charge in [0.2, 0.25) is 5.91 Å². The lowest BCUT2D eigenvalue weighted by Crippen LogP contribution is -2.62. The molecule has 4 aliphatic carbocycles. The zero-order valence-electron chi connectivity index (χ0n) is 30.1. The van der Waals surface area contributed by atoms with Gasteiger partial charge in [-0.2, -0.15) is 5.06 Å². The van der Waals surface area contributed by atoms with Crippen LogP contribution in [-0.4, -0.2) is 107 Å². The third kappa shape index (κ3) is 6.84. The van der Waals surface area contributed by atoms with E-state index in [1.54, 1.807) is 26.1 Å². The number of methoxy groups -OCH3 is 1. The van der Waals surface area contributed by atoms with Gasteiger partial charge in [-0.3, -0.25) is 14.4 Å². The van der Waals surface area contributed by atoms with Gasteiger partial charge in [-0.1, -0.05) is 26.8 Å². The summed E-state index contributed by atoms with van der Waals surface area (Å²) in [4.78, 5) is 37.7. The number of carbonyl (C=O) groups is 2. The van der Waals surface area contributed by atoms with E-state index in [4.69, 9.17) is 9.57 Å². The summed E-state index contributed by atoms with van der Waals surface area (Å²) in [6, 6.07) is 5.32. The summed E-state index contributed by atoms with van der Waals surface area (Å²) in [7, 11) is 11.2. The lowest BCUT2D eigenvalue weighted by Gasteiger charge is -2.62. The van der Waals surface area contributed by atoms with Crippen molar-refractivity contribution in [3.8, 4) is 0 Å². The molecule has 1 aliphatic heterocycles. The molecule has 3 saturated carbocycles. The molecule has 1 heterocycles. The molecule has 6 rings (SSSR count). The molecule has 260 valence electrons. The second kappa shape index (κ2) is 13.9. The summed E-state index contributed by atoms with van der Waals surface area (Å²) in [6.07, 6.45) is 4.81. The summed E-state index contributed by atoms with van der Waals surface area (Å²) in [5, 5.41) is 19.1. The van der Waals surface area contributed by atoms with Gasteiger partial charge < -0.3 is 30.3 Å². The van der Waals surface area contributed by atoms with Crippen molar-refractivity contribution in [1.29, 1.82) is 0 Å². The van der Waals surface area contributed by atoms with E-state index in [0.717, 1.165) is 47.4 Å². The number of hydrogen-bond donors (Lipinski definition) is 3. The number of rotatable bonds is 11. The van der Waals surface area contributed by atoms with Crippen LogP contribution in [0.25, 0.3) is 5.57 Å². The van der Waals surface area contributed by atoms with Crippen molar-refractivity contribution >= 4 is 23.1 Å². The number of amides is 2. The summed E-state index contributed by atoms with van der Waals surface area (Å²) in [5.41, 5.74) is 4.68. The molecule has 3 N–H and O–H groups in total. The molecule has 0 aromatic heterocycles. The topological polar surface area (TPSA) is 107 Å². The van der Waals surface area contributed by atoms with Crippen molar-refractivity contribution in [2.45, 2.75) is 77.7 Å². The molecule has 10 heteroatoms. The lowest BCUT2D eigenvalue weighted by molar-refractivity contribution is -0.170. The van der Waals surface area contributed by atoms with Crippen molar-refractivity contribution in [3.63, 3.8) is 0 Å². The van der Waals surface area contributed by atoms with E-state index in [1.165, 1.54) is 6.42 Å². The fraction of sp³-hybridized carbons (Fsp3) is 0.676. The van der Waals surface area contributed by atoms with Gasteiger partial charge in [0, 0.05) is 62.0 Å². The van der Waals surface area contributed by atoms with Crippen molar-refractivity contribution in [3.05, 3.63) is 46.7 Å². The molecule has 1 aromatic carbocycles. The van der Waals surface area contributed by atoms with Crippen LogP contribution in [0, 0.1) is 29.1 Å². The largest absolute Gasteiger partial charge is 0.496 e.